The second-order valence-corrected chi connectivity index (χ2v) is 11.0. The number of hydrogen-bond acceptors (Lipinski definition) is 6. The number of nitrogens with zero attached hydrogens (tertiary/aromatic N) is 5. The van der Waals surface area contributed by atoms with Crippen LogP contribution >= 0.6 is 15.9 Å². The van der Waals surface area contributed by atoms with Crippen LogP contribution in [0.15, 0.2) is 102 Å². The van der Waals surface area contributed by atoms with Crippen molar-refractivity contribution in [2.24, 2.45) is 0 Å². The number of rotatable bonds is 6. The molecule has 10 heteroatoms. The third-order valence-electron chi connectivity index (χ3n) is 7.23. The number of likely N-dealkylation sites (N-methyl/N-ethyl adjacent to an activating group) is 1. The van der Waals surface area contributed by atoms with E-state index in [1.165, 1.54) is 12.4 Å². The largest absolute Gasteiger partial charge is 0.367 e. The SMILES string of the molecule is CN1CCN(c2cc3ncnc(N(c4ccccc4)c4ccc(Br)cc4F)c3cc2NC(=O)Nc2ccccc2)CC1. The van der Waals surface area contributed by atoms with Crippen LogP contribution in [0.2, 0.25) is 0 Å². The number of para-hydroxylation sites is 2. The predicted molar refractivity (Wildman–Crippen MR) is 171 cm³/mol. The molecule has 0 spiro atoms. The zero-order chi connectivity index (χ0) is 29.1. The molecular formula is C32H29BrFN7O. The lowest BCUT2D eigenvalue weighted by Gasteiger charge is -2.35. The predicted octanol–water partition coefficient (Wildman–Crippen LogP) is 7.40. The fourth-order valence-corrected chi connectivity index (χ4v) is 5.42. The van der Waals surface area contributed by atoms with Crippen LogP contribution < -0.4 is 20.4 Å². The maximum absolute atomic E-state index is 15.5. The number of hydrogen-bond donors (Lipinski definition) is 2. The summed E-state index contributed by atoms with van der Waals surface area (Å²) in [5.41, 5.74) is 3.91. The molecule has 0 bridgehead atoms. The molecule has 0 atom stereocenters. The third kappa shape index (κ3) is 5.90. The Balaban J connectivity index is 1.49. The van der Waals surface area contributed by atoms with E-state index in [0.717, 1.165) is 37.6 Å². The van der Waals surface area contributed by atoms with E-state index in [4.69, 9.17) is 0 Å². The molecule has 2 amide bonds. The molecule has 1 saturated heterocycles. The number of fused-ring (bicyclic) bond motifs is 1. The van der Waals surface area contributed by atoms with Crippen LogP contribution in [0, 0.1) is 5.82 Å². The van der Waals surface area contributed by atoms with Gasteiger partial charge in [-0.2, -0.15) is 0 Å². The van der Waals surface area contributed by atoms with Gasteiger partial charge < -0.3 is 20.4 Å². The van der Waals surface area contributed by atoms with Gasteiger partial charge in [0, 0.05) is 47.4 Å². The lowest BCUT2D eigenvalue weighted by atomic mass is 10.1. The highest BCUT2D eigenvalue weighted by Crippen LogP contribution is 2.41. The van der Waals surface area contributed by atoms with Crippen molar-refractivity contribution in [2.45, 2.75) is 0 Å². The lowest BCUT2D eigenvalue weighted by Crippen LogP contribution is -2.44. The topological polar surface area (TPSA) is 76.6 Å². The fraction of sp³-hybridized carbons (Fsp3) is 0.156. The first-order chi connectivity index (χ1) is 20.5. The van der Waals surface area contributed by atoms with Crippen molar-refractivity contribution < 1.29 is 9.18 Å². The molecule has 0 saturated carbocycles. The Morgan fingerprint density at radius 1 is 0.881 bits per heavy atom. The summed E-state index contributed by atoms with van der Waals surface area (Å²) >= 11 is 3.37. The summed E-state index contributed by atoms with van der Waals surface area (Å²) in [6.45, 7) is 3.39. The molecule has 1 aliphatic rings. The summed E-state index contributed by atoms with van der Waals surface area (Å²) in [6, 6.07) is 27.2. The monoisotopic (exact) mass is 625 g/mol. The molecular weight excluding hydrogens is 597 g/mol. The van der Waals surface area contributed by atoms with E-state index >= 15 is 4.39 Å². The number of benzene rings is 4. The number of piperazine rings is 1. The van der Waals surface area contributed by atoms with Gasteiger partial charge in [0.15, 0.2) is 0 Å². The number of carbonyl (C=O) groups is 1. The first kappa shape index (κ1) is 27.6. The van der Waals surface area contributed by atoms with Gasteiger partial charge in [0.25, 0.3) is 0 Å². The summed E-state index contributed by atoms with van der Waals surface area (Å²) in [5.74, 6) is 0.0819. The van der Waals surface area contributed by atoms with Crippen molar-refractivity contribution in [3.63, 3.8) is 0 Å². The zero-order valence-corrected chi connectivity index (χ0v) is 24.6. The first-order valence-electron chi connectivity index (χ1n) is 13.6. The van der Waals surface area contributed by atoms with E-state index in [-0.39, 0.29) is 6.03 Å². The van der Waals surface area contributed by atoms with E-state index in [1.807, 2.05) is 72.8 Å². The van der Waals surface area contributed by atoms with Gasteiger partial charge in [-0.3, -0.25) is 4.90 Å². The molecule has 1 fully saturated rings. The molecule has 1 aromatic heterocycles. The number of halogens is 2. The lowest BCUT2D eigenvalue weighted by molar-refractivity contribution is 0.262. The van der Waals surface area contributed by atoms with Crippen molar-refractivity contribution in [3.8, 4) is 0 Å². The van der Waals surface area contributed by atoms with Crippen LogP contribution in [0.5, 0.6) is 0 Å². The summed E-state index contributed by atoms with van der Waals surface area (Å²) in [7, 11) is 2.10. The zero-order valence-electron chi connectivity index (χ0n) is 23.0. The molecule has 4 aromatic carbocycles. The maximum Gasteiger partial charge on any atom is 0.323 e. The van der Waals surface area contributed by atoms with Crippen LogP contribution in [0.1, 0.15) is 0 Å². The molecule has 0 aliphatic carbocycles. The molecule has 8 nitrogen and oxygen atoms in total. The van der Waals surface area contributed by atoms with Gasteiger partial charge in [-0.05, 0) is 61.6 Å². The number of urea groups is 1. The number of nitrogens with one attached hydrogen (secondary N) is 2. The second kappa shape index (κ2) is 12.1. The number of anilines is 6. The molecule has 6 rings (SSSR count). The molecule has 2 N–H and O–H groups in total. The van der Waals surface area contributed by atoms with E-state index in [2.05, 4.69) is 53.4 Å². The second-order valence-electron chi connectivity index (χ2n) is 10.1. The van der Waals surface area contributed by atoms with E-state index in [0.29, 0.717) is 38.3 Å². The molecule has 2 heterocycles. The quantitative estimate of drug-likeness (QED) is 0.205. The number of aromatic nitrogens is 2. The molecule has 1 aliphatic heterocycles. The number of carbonyl (C=O) groups excluding carboxylic acids is 1. The van der Waals surface area contributed by atoms with E-state index in [1.54, 1.807) is 17.0 Å². The van der Waals surface area contributed by atoms with Crippen LogP contribution in [0.3, 0.4) is 0 Å². The average molecular weight is 627 g/mol. The first-order valence-corrected chi connectivity index (χ1v) is 14.4. The highest BCUT2D eigenvalue weighted by molar-refractivity contribution is 9.10. The minimum Gasteiger partial charge on any atom is -0.367 e. The van der Waals surface area contributed by atoms with Crippen molar-refractivity contribution >= 4 is 67.1 Å². The van der Waals surface area contributed by atoms with Crippen molar-refractivity contribution in [2.75, 3.05) is 53.7 Å². The van der Waals surface area contributed by atoms with Gasteiger partial charge in [0.1, 0.15) is 18.0 Å². The maximum atomic E-state index is 15.5. The third-order valence-corrected chi connectivity index (χ3v) is 7.73. The van der Waals surface area contributed by atoms with Crippen molar-refractivity contribution in [1.29, 1.82) is 0 Å². The summed E-state index contributed by atoms with van der Waals surface area (Å²) in [4.78, 5) is 28.8. The molecule has 0 radical (unpaired) electrons. The highest BCUT2D eigenvalue weighted by atomic mass is 79.9. The Labute approximate surface area is 251 Å². The normalized spacial score (nSPS) is 13.6. The van der Waals surface area contributed by atoms with Crippen LogP contribution in [0.4, 0.5) is 43.4 Å². The van der Waals surface area contributed by atoms with E-state index < -0.39 is 5.82 Å². The Hall–Kier alpha value is -4.54. The summed E-state index contributed by atoms with van der Waals surface area (Å²) in [5, 5.41) is 6.63. The van der Waals surface area contributed by atoms with Crippen LogP contribution in [-0.2, 0) is 0 Å². The van der Waals surface area contributed by atoms with E-state index in [9.17, 15) is 4.79 Å². The van der Waals surface area contributed by atoms with Gasteiger partial charge in [-0.1, -0.05) is 52.3 Å². The Kier molecular flexibility index (Phi) is 7.98. The average Bonchev–Trinajstić information content (AvgIpc) is 3.00. The van der Waals surface area contributed by atoms with Crippen molar-refractivity contribution in [3.05, 3.63) is 108 Å². The van der Waals surface area contributed by atoms with Gasteiger partial charge >= 0.3 is 6.03 Å². The summed E-state index contributed by atoms with van der Waals surface area (Å²) in [6.07, 6.45) is 1.49. The fourth-order valence-electron chi connectivity index (χ4n) is 5.09. The van der Waals surface area contributed by atoms with Crippen LogP contribution in [0.25, 0.3) is 10.9 Å². The van der Waals surface area contributed by atoms with Crippen LogP contribution in [-0.4, -0.2) is 54.1 Å². The number of amides is 2. The standard InChI is InChI=1S/C32H29BrFN7O/c1-39-14-16-40(17-15-39)30-20-27-25(19-28(30)38-32(42)37-23-8-4-2-5-9-23)31(36-21-35-27)41(24-10-6-3-7-11-24)29-13-12-22(33)18-26(29)34/h2-13,18-21H,14-17H2,1H3,(H2,37,38,42). The molecule has 42 heavy (non-hydrogen) atoms. The Morgan fingerprint density at radius 3 is 2.31 bits per heavy atom. The minimum atomic E-state index is -0.408. The highest BCUT2D eigenvalue weighted by Gasteiger charge is 2.24. The summed E-state index contributed by atoms with van der Waals surface area (Å²) < 4.78 is 16.1. The van der Waals surface area contributed by atoms with Gasteiger partial charge in [-0.25, -0.2) is 19.2 Å². The minimum absolute atomic E-state index is 0.337. The molecule has 212 valence electrons. The van der Waals surface area contributed by atoms with Gasteiger partial charge in [-0.15, -0.1) is 0 Å². The smallest absolute Gasteiger partial charge is 0.323 e. The van der Waals surface area contributed by atoms with Gasteiger partial charge in [0.05, 0.1) is 22.6 Å². The van der Waals surface area contributed by atoms with Gasteiger partial charge in [0.2, 0.25) is 0 Å². The Morgan fingerprint density at radius 2 is 1.60 bits per heavy atom. The Bertz CT molecular complexity index is 1710. The van der Waals surface area contributed by atoms with Crippen molar-refractivity contribution in [1.82, 2.24) is 14.9 Å². The molecule has 5 aromatic rings. The molecule has 0 unspecified atom stereocenters.